The van der Waals surface area contributed by atoms with E-state index < -0.39 is 0 Å². The molecule has 1 aromatic heterocycles. The van der Waals surface area contributed by atoms with Gasteiger partial charge in [-0.3, -0.25) is 4.79 Å². The Labute approximate surface area is 204 Å². The fourth-order valence-electron chi connectivity index (χ4n) is 4.61. The fraction of sp³-hybridized carbons (Fsp3) is 0.276. The summed E-state index contributed by atoms with van der Waals surface area (Å²) >= 11 is 1.53. The predicted octanol–water partition coefficient (Wildman–Crippen LogP) is 6.76. The number of likely N-dealkylation sites (tertiary alicyclic amines) is 1. The van der Waals surface area contributed by atoms with Crippen LogP contribution in [0.15, 0.2) is 72.8 Å². The molecule has 0 bridgehead atoms. The summed E-state index contributed by atoms with van der Waals surface area (Å²) in [6.45, 7) is 4.18. The van der Waals surface area contributed by atoms with Crippen molar-refractivity contribution in [2.45, 2.75) is 25.7 Å². The van der Waals surface area contributed by atoms with Gasteiger partial charge in [-0.05, 0) is 80.4 Å². The van der Waals surface area contributed by atoms with Crippen molar-refractivity contribution in [3.8, 4) is 21.9 Å². The van der Waals surface area contributed by atoms with Gasteiger partial charge in [-0.1, -0.05) is 36.8 Å². The van der Waals surface area contributed by atoms with Gasteiger partial charge >= 0.3 is 0 Å². The Morgan fingerprint density at radius 3 is 2.47 bits per heavy atom. The second-order valence-corrected chi connectivity index (χ2v) is 9.86. The van der Waals surface area contributed by atoms with Gasteiger partial charge in [0.2, 0.25) is 0 Å². The third-order valence-corrected chi connectivity index (χ3v) is 7.59. The number of ether oxygens (including phenoxy) is 1. The molecule has 0 unspecified atom stereocenters. The van der Waals surface area contributed by atoms with Gasteiger partial charge in [-0.2, -0.15) is 0 Å². The number of rotatable bonds is 8. The molecule has 0 aliphatic carbocycles. The minimum absolute atomic E-state index is 0.0209. The molecule has 1 aliphatic heterocycles. The Kier molecular flexibility index (Phi) is 6.93. The number of phenols is 1. The average molecular weight is 472 g/mol. The Morgan fingerprint density at radius 1 is 0.941 bits per heavy atom. The van der Waals surface area contributed by atoms with Crippen LogP contribution in [-0.4, -0.2) is 42.0 Å². The van der Waals surface area contributed by atoms with Gasteiger partial charge in [0.1, 0.15) is 11.5 Å². The van der Waals surface area contributed by atoms with Crippen LogP contribution in [0.4, 0.5) is 0 Å². The van der Waals surface area contributed by atoms with Crippen LogP contribution < -0.4 is 4.74 Å². The van der Waals surface area contributed by atoms with E-state index in [9.17, 15) is 9.90 Å². The summed E-state index contributed by atoms with van der Waals surface area (Å²) in [5.41, 5.74) is 2.31. The van der Waals surface area contributed by atoms with Crippen LogP contribution in [0.2, 0.25) is 0 Å². The van der Waals surface area contributed by atoms with Gasteiger partial charge in [0.15, 0.2) is 5.78 Å². The van der Waals surface area contributed by atoms with Crippen molar-refractivity contribution in [3.63, 3.8) is 0 Å². The van der Waals surface area contributed by atoms with E-state index in [0.29, 0.717) is 17.7 Å². The van der Waals surface area contributed by atoms with Crippen LogP contribution in [0.25, 0.3) is 20.5 Å². The lowest BCUT2D eigenvalue weighted by Gasteiger charge is -2.26. The first-order chi connectivity index (χ1) is 16.7. The minimum atomic E-state index is -0.0209. The highest BCUT2D eigenvalue weighted by molar-refractivity contribution is 7.22. The maximum Gasteiger partial charge on any atom is 0.195 e. The fourth-order valence-corrected chi connectivity index (χ4v) is 5.85. The largest absolute Gasteiger partial charge is 0.508 e. The van der Waals surface area contributed by atoms with Crippen LogP contribution in [-0.2, 0) is 0 Å². The molecule has 4 nitrogen and oxygen atoms in total. The maximum atomic E-state index is 13.6. The molecule has 3 aromatic carbocycles. The van der Waals surface area contributed by atoms with E-state index in [1.165, 1.54) is 43.7 Å². The molecule has 0 saturated carbocycles. The zero-order valence-corrected chi connectivity index (χ0v) is 20.0. The normalized spacial score (nSPS) is 14.4. The number of hydrogen-bond acceptors (Lipinski definition) is 5. The molecular formula is C29H29NO3S. The second-order valence-electron chi connectivity index (χ2n) is 8.81. The van der Waals surface area contributed by atoms with Gasteiger partial charge in [0.05, 0.1) is 6.61 Å². The molecule has 2 heterocycles. The Morgan fingerprint density at radius 2 is 1.71 bits per heavy atom. The first-order valence-electron chi connectivity index (χ1n) is 12.0. The van der Waals surface area contributed by atoms with Gasteiger partial charge in [-0.15, -0.1) is 11.3 Å². The zero-order chi connectivity index (χ0) is 23.3. The summed E-state index contributed by atoms with van der Waals surface area (Å²) in [7, 11) is 0. The molecular weight excluding hydrogens is 442 g/mol. The molecule has 34 heavy (non-hydrogen) atoms. The summed E-state index contributed by atoms with van der Waals surface area (Å²) in [4.78, 5) is 17.1. The van der Waals surface area contributed by atoms with Crippen LogP contribution in [0.3, 0.4) is 0 Å². The highest BCUT2D eigenvalue weighted by Gasteiger charge is 2.22. The van der Waals surface area contributed by atoms with E-state index in [4.69, 9.17) is 4.74 Å². The van der Waals surface area contributed by atoms with Crippen molar-refractivity contribution in [2.24, 2.45) is 0 Å². The molecule has 5 heteroatoms. The Hall–Kier alpha value is -3.15. The molecule has 174 valence electrons. The number of carbonyl (C=O) groups is 1. The summed E-state index contributed by atoms with van der Waals surface area (Å²) in [6.07, 6.45) is 4.98. The van der Waals surface area contributed by atoms with E-state index in [1.807, 2.05) is 60.7 Å². The molecule has 0 radical (unpaired) electrons. The van der Waals surface area contributed by atoms with Gasteiger partial charge in [0.25, 0.3) is 0 Å². The first kappa shape index (κ1) is 22.6. The summed E-state index contributed by atoms with van der Waals surface area (Å²) in [5, 5.41) is 10.8. The summed E-state index contributed by atoms with van der Waals surface area (Å²) < 4.78 is 6.83. The molecule has 1 fully saturated rings. The first-order valence-corrected chi connectivity index (χ1v) is 12.8. The van der Waals surface area contributed by atoms with Crippen molar-refractivity contribution in [1.82, 2.24) is 4.90 Å². The smallest absolute Gasteiger partial charge is 0.195 e. The van der Waals surface area contributed by atoms with Crippen molar-refractivity contribution >= 4 is 27.2 Å². The second kappa shape index (κ2) is 10.4. The molecule has 1 saturated heterocycles. The number of ketones is 1. The lowest BCUT2D eigenvalue weighted by molar-refractivity contribution is 0.104. The van der Waals surface area contributed by atoms with E-state index in [2.05, 4.69) is 4.90 Å². The molecule has 0 spiro atoms. The van der Waals surface area contributed by atoms with Crippen LogP contribution in [0.5, 0.6) is 11.5 Å². The van der Waals surface area contributed by atoms with E-state index in [0.717, 1.165) is 39.2 Å². The number of carbonyl (C=O) groups excluding carboxylic acids is 1. The lowest BCUT2D eigenvalue weighted by atomic mass is 9.97. The van der Waals surface area contributed by atoms with Gasteiger partial charge in [-0.25, -0.2) is 0 Å². The van der Waals surface area contributed by atoms with Gasteiger partial charge < -0.3 is 14.7 Å². The van der Waals surface area contributed by atoms with Crippen molar-refractivity contribution in [2.75, 3.05) is 26.2 Å². The van der Waals surface area contributed by atoms with Gasteiger partial charge in [0, 0.05) is 32.6 Å². The summed E-state index contributed by atoms with van der Waals surface area (Å²) in [5.74, 6) is 0.972. The predicted molar refractivity (Wildman–Crippen MR) is 139 cm³/mol. The number of thiophene rings is 1. The third-order valence-electron chi connectivity index (χ3n) is 6.39. The number of aromatic hydroxyl groups is 1. The number of hydrogen-bond donors (Lipinski definition) is 1. The number of nitrogens with zero attached hydrogens (tertiary/aromatic N) is 1. The van der Waals surface area contributed by atoms with E-state index in [1.54, 1.807) is 12.1 Å². The van der Waals surface area contributed by atoms with Crippen molar-refractivity contribution in [1.29, 1.82) is 0 Å². The molecule has 0 atom stereocenters. The van der Waals surface area contributed by atoms with E-state index >= 15 is 0 Å². The molecule has 0 amide bonds. The zero-order valence-electron chi connectivity index (χ0n) is 19.2. The summed E-state index contributed by atoms with van der Waals surface area (Å²) in [6, 6.07) is 22.6. The SMILES string of the molecule is O=C(c1ccc(OCCCN2CCCCC2)cc1)c1c(-c2ccccc2)sc2cc(O)ccc12. The monoisotopic (exact) mass is 471 g/mol. The van der Waals surface area contributed by atoms with E-state index in [-0.39, 0.29) is 11.5 Å². The molecule has 1 aliphatic rings. The molecule has 5 rings (SSSR count). The van der Waals surface area contributed by atoms with Crippen LogP contribution in [0, 0.1) is 0 Å². The Bertz CT molecular complexity index is 1260. The minimum Gasteiger partial charge on any atom is -0.508 e. The van der Waals surface area contributed by atoms with Crippen LogP contribution >= 0.6 is 11.3 Å². The number of fused-ring (bicyclic) bond motifs is 1. The number of benzene rings is 3. The quantitative estimate of drug-likeness (QED) is 0.228. The number of phenolic OH excluding ortho intramolecular Hbond substituents is 1. The maximum absolute atomic E-state index is 13.6. The Balaban J connectivity index is 1.32. The van der Waals surface area contributed by atoms with Crippen LogP contribution in [0.1, 0.15) is 41.6 Å². The lowest BCUT2D eigenvalue weighted by Crippen LogP contribution is -2.31. The molecule has 4 aromatic rings. The van der Waals surface area contributed by atoms with Crippen molar-refractivity contribution in [3.05, 3.63) is 83.9 Å². The standard InChI is InChI=1S/C29H29NO3S/c31-23-12-15-25-26(20-23)34-29(22-8-3-1-4-9-22)27(25)28(32)21-10-13-24(14-11-21)33-19-7-18-30-16-5-2-6-17-30/h1,3-4,8-15,20,31H,2,5-7,16-19H2. The average Bonchev–Trinajstić information content (AvgIpc) is 3.26. The molecule has 1 N–H and O–H groups in total. The third kappa shape index (κ3) is 5.01. The number of piperidine rings is 1. The topological polar surface area (TPSA) is 49.8 Å². The highest BCUT2D eigenvalue weighted by Crippen LogP contribution is 2.41. The highest BCUT2D eigenvalue weighted by atomic mass is 32.1. The van der Waals surface area contributed by atoms with Crippen molar-refractivity contribution < 1.29 is 14.6 Å².